The SMILES string of the molecule is CCCCCCCC(=O)N(C)Cc1cccc(-c2ccc(CCC(=O)O)cc2OCCN2CCOCC2)c1. The van der Waals surface area contributed by atoms with Crippen LogP contribution >= 0.6 is 0 Å². The summed E-state index contributed by atoms with van der Waals surface area (Å²) < 4.78 is 11.7. The highest BCUT2D eigenvalue weighted by Gasteiger charge is 2.14. The maximum atomic E-state index is 12.6. The van der Waals surface area contributed by atoms with Crippen LogP contribution in [0.3, 0.4) is 0 Å². The van der Waals surface area contributed by atoms with Crippen molar-refractivity contribution in [3.05, 3.63) is 53.6 Å². The largest absolute Gasteiger partial charge is 0.492 e. The maximum absolute atomic E-state index is 12.6. The minimum absolute atomic E-state index is 0.0843. The molecule has 208 valence electrons. The first-order valence-corrected chi connectivity index (χ1v) is 14.1. The number of morpholine rings is 1. The third kappa shape index (κ3) is 10.1. The lowest BCUT2D eigenvalue weighted by molar-refractivity contribution is -0.137. The summed E-state index contributed by atoms with van der Waals surface area (Å²) in [5.41, 5.74) is 4.00. The van der Waals surface area contributed by atoms with Crippen LogP contribution in [0, 0.1) is 0 Å². The van der Waals surface area contributed by atoms with Crippen LogP contribution < -0.4 is 4.74 Å². The van der Waals surface area contributed by atoms with Crippen molar-refractivity contribution >= 4 is 11.9 Å². The van der Waals surface area contributed by atoms with Gasteiger partial charge in [-0.3, -0.25) is 14.5 Å². The smallest absolute Gasteiger partial charge is 0.303 e. The van der Waals surface area contributed by atoms with Gasteiger partial charge in [0, 0.05) is 51.6 Å². The molecule has 1 aliphatic heterocycles. The number of hydrogen-bond donors (Lipinski definition) is 1. The quantitative estimate of drug-likeness (QED) is 0.296. The van der Waals surface area contributed by atoms with Crippen LogP contribution in [-0.2, 0) is 27.3 Å². The highest BCUT2D eigenvalue weighted by molar-refractivity contribution is 5.76. The van der Waals surface area contributed by atoms with Crippen molar-refractivity contribution in [3.8, 4) is 16.9 Å². The summed E-state index contributed by atoms with van der Waals surface area (Å²) in [7, 11) is 1.87. The monoisotopic (exact) mass is 524 g/mol. The second-order valence-corrected chi connectivity index (χ2v) is 10.1. The number of hydrogen-bond acceptors (Lipinski definition) is 5. The lowest BCUT2D eigenvalue weighted by atomic mass is 9.99. The predicted octanol–water partition coefficient (Wildman–Crippen LogP) is 5.40. The third-order valence-electron chi connectivity index (χ3n) is 7.02. The van der Waals surface area contributed by atoms with E-state index >= 15 is 0 Å². The van der Waals surface area contributed by atoms with Gasteiger partial charge >= 0.3 is 5.97 Å². The lowest BCUT2D eigenvalue weighted by Crippen LogP contribution is -2.38. The summed E-state index contributed by atoms with van der Waals surface area (Å²) in [6, 6.07) is 14.2. The summed E-state index contributed by atoms with van der Waals surface area (Å²) in [5.74, 6) is 0.132. The average molecular weight is 525 g/mol. The van der Waals surface area contributed by atoms with Crippen LogP contribution in [0.25, 0.3) is 11.1 Å². The third-order valence-corrected chi connectivity index (χ3v) is 7.02. The molecular weight excluding hydrogens is 480 g/mol. The van der Waals surface area contributed by atoms with Gasteiger partial charge in [-0.25, -0.2) is 0 Å². The number of aliphatic carboxylic acids is 1. The zero-order chi connectivity index (χ0) is 27.2. The molecule has 1 fully saturated rings. The molecule has 0 aliphatic carbocycles. The summed E-state index contributed by atoms with van der Waals surface area (Å²) >= 11 is 0. The van der Waals surface area contributed by atoms with Crippen LogP contribution in [0.5, 0.6) is 5.75 Å². The molecule has 7 nitrogen and oxygen atoms in total. The lowest BCUT2D eigenvalue weighted by Gasteiger charge is -2.26. The van der Waals surface area contributed by atoms with Gasteiger partial charge in [-0.15, -0.1) is 0 Å². The van der Waals surface area contributed by atoms with Crippen LogP contribution in [0.2, 0.25) is 0 Å². The zero-order valence-electron chi connectivity index (χ0n) is 23.1. The fourth-order valence-electron chi connectivity index (χ4n) is 4.71. The maximum Gasteiger partial charge on any atom is 0.303 e. The van der Waals surface area contributed by atoms with Crippen LogP contribution in [0.4, 0.5) is 0 Å². The summed E-state index contributed by atoms with van der Waals surface area (Å²) in [6.45, 7) is 7.42. The van der Waals surface area contributed by atoms with E-state index in [1.165, 1.54) is 19.3 Å². The normalized spacial score (nSPS) is 13.8. The van der Waals surface area contributed by atoms with Gasteiger partial charge in [0.25, 0.3) is 0 Å². The number of unbranched alkanes of at least 4 members (excludes halogenated alkanes) is 4. The first kappa shape index (κ1) is 29.7. The van der Waals surface area contributed by atoms with Gasteiger partial charge in [-0.1, -0.05) is 62.9 Å². The number of carbonyl (C=O) groups excluding carboxylic acids is 1. The Labute approximate surface area is 227 Å². The molecule has 0 unspecified atom stereocenters. The molecule has 7 heteroatoms. The Morgan fingerprint density at radius 1 is 1.00 bits per heavy atom. The number of carboxylic acids is 1. The summed E-state index contributed by atoms with van der Waals surface area (Å²) in [5, 5.41) is 9.11. The molecule has 1 amide bonds. The fourth-order valence-corrected chi connectivity index (χ4v) is 4.71. The van der Waals surface area contributed by atoms with E-state index in [1.54, 1.807) is 0 Å². The number of carbonyl (C=O) groups is 2. The van der Waals surface area contributed by atoms with Gasteiger partial charge < -0.3 is 19.5 Å². The molecule has 1 aliphatic rings. The topological polar surface area (TPSA) is 79.3 Å². The highest BCUT2D eigenvalue weighted by atomic mass is 16.5. The second kappa shape index (κ2) is 16.1. The number of carboxylic acid groups (broad SMARTS) is 1. The standard InChI is InChI=1S/C31H44N2O5/c1-3-4-5-6-7-11-30(34)32(2)24-26-9-8-10-27(22-26)28-14-12-25(13-15-31(35)36)23-29(28)38-21-18-33-16-19-37-20-17-33/h8-10,12,14,22-23H,3-7,11,13,15-21,24H2,1-2H3,(H,35,36). The molecule has 0 bridgehead atoms. The molecule has 0 aromatic heterocycles. The molecule has 0 radical (unpaired) electrons. The number of amides is 1. The molecule has 2 aromatic rings. The van der Waals surface area contributed by atoms with Crippen LogP contribution in [0.15, 0.2) is 42.5 Å². The molecule has 0 saturated carbocycles. The molecule has 0 spiro atoms. The number of nitrogens with zero attached hydrogens (tertiary/aromatic N) is 2. The molecule has 38 heavy (non-hydrogen) atoms. The number of benzene rings is 2. The molecule has 1 N–H and O–H groups in total. The van der Waals surface area contributed by atoms with E-state index in [-0.39, 0.29) is 12.3 Å². The molecule has 2 aromatic carbocycles. The van der Waals surface area contributed by atoms with Crippen molar-refractivity contribution in [1.29, 1.82) is 0 Å². The van der Waals surface area contributed by atoms with Crippen molar-refractivity contribution in [2.75, 3.05) is 46.5 Å². The van der Waals surface area contributed by atoms with E-state index in [9.17, 15) is 9.59 Å². The molecule has 1 saturated heterocycles. The Bertz CT molecular complexity index is 1020. The van der Waals surface area contributed by atoms with Crippen molar-refractivity contribution in [2.45, 2.75) is 64.8 Å². The molecular formula is C31H44N2O5. The van der Waals surface area contributed by atoms with E-state index in [2.05, 4.69) is 30.0 Å². The Hall–Kier alpha value is -2.90. The minimum Gasteiger partial charge on any atom is -0.492 e. The van der Waals surface area contributed by atoms with E-state index < -0.39 is 5.97 Å². The highest BCUT2D eigenvalue weighted by Crippen LogP contribution is 2.32. The van der Waals surface area contributed by atoms with Crippen molar-refractivity contribution in [3.63, 3.8) is 0 Å². The van der Waals surface area contributed by atoms with Crippen LogP contribution in [0.1, 0.15) is 63.0 Å². The average Bonchev–Trinajstić information content (AvgIpc) is 2.92. The molecule has 0 atom stereocenters. The Kier molecular flexibility index (Phi) is 12.6. The Morgan fingerprint density at radius 3 is 2.55 bits per heavy atom. The Morgan fingerprint density at radius 2 is 1.79 bits per heavy atom. The van der Waals surface area contributed by atoms with Gasteiger partial charge in [0.15, 0.2) is 0 Å². The van der Waals surface area contributed by atoms with Crippen LogP contribution in [-0.4, -0.2) is 73.3 Å². The number of ether oxygens (including phenoxy) is 2. The van der Waals surface area contributed by atoms with Crippen molar-refractivity contribution in [2.24, 2.45) is 0 Å². The minimum atomic E-state index is -0.809. The van der Waals surface area contributed by atoms with Gasteiger partial charge in [0.05, 0.1) is 13.2 Å². The first-order valence-electron chi connectivity index (χ1n) is 14.1. The summed E-state index contributed by atoms with van der Waals surface area (Å²) in [6.07, 6.45) is 6.83. The molecule has 3 rings (SSSR count). The first-order chi connectivity index (χ1) is 18.5. The van der Waals surface area contributed by atoms with Gasteiger partial charge in [-0.2, -0.15) is 0 Å². The Balaban J connectivity index is 1.68. The van der Waals surface area contributed by atoms with E-state index in [4.69, 9.17) is 14.6 Å². The number of rotatable bonds is 16. The van der Waals surface area contributed by atoms with E-state index in [0.29, 0.717) is 26.0 Å². The van der Waals surface area contributed by atoms with Gasteiger partial charge in [0.2, 0.25) is 5.91 Å². The van der Waals surface area contributed by atoms with E-state index in [1.807, 2.05) is 36.2 Å². The zero-order valence-corrected chi connectivity index (χ0v) is 23.1. The second-order valence-electron chi connectivity index (χ2n) is 10.1. The number of aryl methyl sites for hydroxylation is 1. The fraction of sp³-hybridized carbons (Fsp3) is 0.548. The van der Waals surface area contributed by atoms with Crippen molar-refractivity contribution in [1.82, 2.24) is 9.80 Å². The van der Waals surface area contributed by atoms with Gasteiger partial charge in [-0.05, 0) is 41.7 Å². The molecule has 1 heterocycles. The van der Waals surface area contributed by atoms with E-state index in [0.717, 1.165) is 73.7 Å². The predicted molar refractivity (Wildman–Crippen MR) is 150 cm³/mol. The van der Waals surface area contributed by atoms with Gasteiger partial charge in [0.1, 0.15) is 12.4 Å². The van der Waals surface area contributed by atoms with Crippen molar-refractivity contribution < 1.29 is 24.2 Å². The summed E-state index contributed by atoms with van der Waals surface area (Å²) in [4.78, 5) is 27.9.